The first-order valence-electron chi connectivity index (χ1n) is 15.3. The zero-order valence-corrected chi connectivity index (χ0v) is 24.5. The van der Waals surface area contributed by atoms with E-state index in [1.807, 2.05) is 54.6 Å². The van der Waals surface area contributed by atoms with Crippen molar-refractivity contribution in [2.24, 2.45) is 5.92 Å². The molecule has 2 unspecified atom stereocenters. The minimum atomic E-state index is -0.424. The molecule has 1 amide bonds. The maximum atomic E-state index is 12.7. The quantitative estimate of drug-likeness (QED) is 0.201. The number of carbonyl (C=O) groups is 2. The van der Waals surface area contributed by atoms with Gasteiger partial charge in [-0.15, -0.1) is 0 Å². The summed E-state index contributed by atoms with van der Waals surface area (Å²) in [6.07, 6.45) is 2.82. The van der Waals surface area contributed by atoms with E-state index >= 15 is 0 Å². The average molecular weight is 582 g/mol. The van der Waals surface area contributed by atoms with Crippen LogP contribution < -0.4 is 16.0 Å². The molecule has 2 aliphatic rings. The van der Waals surface area contributed by atoms with Crippen molar-refractivity contribution in [3.63, 3.8) is 0 Å². The fourth-order valence-electron chi connectivity index (χ4n) is 5.86. The van der Waals surface area contributed by atoms with Gasteiger partial charge in [-0.1, -0.05) is 48.5 Å². The molecule has 4 rings (SSSR count). The van der Waals surface area contributed by atoms with Gasteiger partial charge in [-0.3, -0.25) is 15.0 Å². The van der Waals surface area contributed by atoms with Gasteiger partial charge in [0, 0.05) is 51.4 Å². The number of hydrogen-bond donors (Lipinski definition) is 5. The van der Waals surface area contributed by atoms with E-state index in [9.17, 15) is 19.8 Å². The molecule has 2 aromatic carbocycles. The van der Waals surface area contributed by atoms with Crippen molar-refractivity contribution < 1.29 is 24.5 Å². The van der Waals surface area contributed by atoms with E-state index in [-0.39, 0.29) is 31.1 Å². The molecule has 10 nitrogen and oxygen atoms in total. The van der Waals surface area contributed by atoms with E-state index in [2.05, 4.69) is 25.8 Å². The van der Waals surface area contributed by atoms with Gasteiger partial charge in [-0.2, -0.15) is 0 Å². The number of Topliss-reactive ketones (excluding diaryl/α,β-unsaturated/α-hetero) is 1. The number of carbonyl (C=O) groups excluding carboxylic acids is 2. The van der Waals surface area contributed by atoms with Crippen LogP contribution in [0.1, 0.15) is 25.7 Å². The predicted molar refractivity (Wildman–Crippen MR) is 164 cm³/mol. The molecule has 0 aromatic heterocycles. The Labute approximate surface area is 249 Å². The summed E-state index contributed by atoms with van der Waals surface area (Å²) < 4.78 is 5.74. The van der Waals surface area contributed by atoms with Crippen molar-refractivity contribution in [3.05, 3.63) is 54.6 Å². The summed E-state index contributed by atoms with van der Waals surface area (Å²) in [6, 6.07) is 17.6. The van der Waals surface area contributed by atoms with Gasteiger partial charge in [0.25, 0.3) is 0 Å². The Morgan fingerprint density at radius 2 is 1.67 bits per heavy atom. The van der Waals surface area contributed by atoms with E-state index in [0.29, 0.717) is 25.6 Å². The van der Waals surface area contributed by atoms with Crippen LogP contribution in [0.5, 0.6) is 0 Å². The first kappa shape index (κ1) is 32.1. The summed E-state index contributed by atoms with van der Waals surface area (Å²) in [5.74, 6) is 0.617. The number of likely N-dealkylation sites (tertiary alicyclic amines) is 1. The lowest BCUT2D eigenvalue weighted by molar-refractivity contribution is -0.121. The van der Waals surface area contributed by atoms with Gasteiger partial charge in [0.2, 0.25) is 0 Å². The summed E-state index contributed by atoms with van der Waals surface area (Å²) in [5, 5.41) is 28.0. The van der Waals surface area contributed by atoms with E-state index in [0.717, 1.165) is 81.8 Å². The minimum Gasteiger partial charge on any atom is -0.446 e. The zero-order valence-electron chi connectivity index (χ0n) is 24.5. The summed E-state index contributed by atoms with van der Waals surface area (Å²) in [6.45, 7) is 6.53. The van der Waals surface area contributed by atoms with Crippen LogP contribution in [0.2, 0.25) is 0 Å². The Kier molecular flexibility index (Phi) is 13.2. The van der Waals surface area contributed by atoms with Crippen molar-refractivity contribution in [1.82, 2.24) is 20.4 Å². The first-order valence-corrected chi connectivity index (χ1v) is 15.3. The highest BCUT2D eigenvalue weighted by atomic mass is 16.6. The monoisotopic (exact) mass is 581 g/mol. The third kappa shape index (κ3) is 10.1. The Balaban J connectivity index is 1.08. The molecular weight excluding hydrogens is 534 g/mol. The molecule has 2 aromatic rings. The van der Waals surface area contributed by atoms with E-state index in [4.69, 9.17) is 4.74 Å². The molecule has 0 radical (unpaired) electrons. The van der Waals surface area contributed by atoms with Crippen LogP contribution in [0.4, 0.5) is 10.5 Å². The second-order valence-corrected chi connectivity index (χ2v) is 11.3. The van der Waals surface area contributed by atoms with Crippen molar-refractivity contribution in [3.8, 4) is 11.1 Å². The van der Waals surface area contributed by atoms with Gasteiger partial charge >= 0.3 is 6.09 Å². The Morgan fingerprint density at radius 3 is 2.36 bits per heavy atom. The molecule has 5 N–H and O–H groups in total. The number of nitrogens with zero attached hydrogens (tertiary/aromatic N) is 2. The third-order valence-electron chi connectivity index (χ3n) is 8.21. The van der Waals surface area contributed by atoms with Gasteiger partial charge in [0.05, 0.1) is 31.5 Å². The lowest BCUT2D eigenvalue weighted by atomic mass is 9.92. The molecule has 0 aliphatic carbocycles. The average Bonchev–Trinajstić information content (AvgIpc) is 3.01. The standard InChI is InChI=1S/C32H47N5O5/c38-20-18-37(19-21-39)24-25-10-11-30(34-22-25)31(40)23-33-14-17-36-15-12-27(13-16-36)42-32(41)35-29-9-5-4-8-28(29)26-6-2-1-3-7-26/h1-9,25,27,30,33-34,38-39H,10-24H2,(H,35,41). The van der Waals surface area contributed by atoms with E-state index < -0.39 is 6.09 Å². The Bertz CT molecular complexity index is 1080. The van der Waals surface area contributed by atoms with Crippen LogP contribution in [-0.4, -0.2) is 116 Å². The fraction of sp³-hybridized carbons (Fsp3) is 0.562. The van der Waals surface area contributed by atoms with E-state index in [1.165, 1.54) is 0 Å². The SMILES string of the molecule is O=C(Nc1ccccc1-c1ccccc1)OC1CCN(CCNCC(=O)C2CCC(CN(CCO)CCO)CN2)CC1. The van der Waals surface area contributed by atoms with Crippen LogP contribution in [0.3, 0.4) is 0 Å². The molecule has 10 heteroatoms. The summed E-state index contributed by atoms with van der Waals surface area (Å²) in [4.78, 5) is 29.8. The number of anilines is 1. The summed E-state index contributed by atoms with van der Waals surface area (Å²) in [7, 11) is 0. The minimum absolute atomic E-state index is 0.0842. The largest absolute Gasteiger partial charge is 0.446 e. The smallest absolute Gasteiger partial charge is 0.411 e. The van der Waals surface area contributed by atoms with Gasteiger partial charge in [-0.25, -0.2) is 4.79 Å². The van der Waals surface area contributed by atoms with Gasteiger partial charge in [0.15, 0.2) is 5.78 Å². The highest BCUT2D eigenvalue weighted by Crippen LogP contribution is 2.28. The van der Waals surface area contributed by atoms with Crippen LogP contribution in [0.15, 0.2) is 54.6 Å². The number of para-hydroxylation sites is 1. The molecule has 2 saturated heterocycles. The number of piperidine rings is 2. The number of aliphatic hydroxyl groups is 2. The van der Waals surface area contributed by atoms with Crippen LogP contribution in [0.25, 0.3) is 11.1 Å². The zero-order chi connectivity index (χ0) is 29.6. The van der Waals surface area contributed by atoms with Gasteiger partial charge in [0.1, 0.15) is 6.10 Å². The summed E-state index contributed by atoms with van der Waals surface area (Å²) in [5.41, 5.74) is 2.73. The van der Waals surface area contributed by atoms with Crippen molar-refractivity contribution in [1.29, 1.82) is 0 Å². The molecule has 42 heavy (non-hydrogen) atoms. The second-order valence-electron chi connectivity index (χ2n) is 11.3. The Morgan fingerprint density at radius 1 is 0.952 bits per heavy atom. The number of ether oxygens (including phenoxy) is 1. The highest BCUT2D eigenvalue weighted by Gasteiger charge is 2.27. The topological polar surface area (TPSA) is 126 Å². The number of hydrogen-bond acceptors (Lipinski definition) is 9. The van der Waals surface area contributed by atoms with E-state index in [1.54, 1.807) is 0 Å². The number of nitrogens with one attached hydrogen (secondary N) is 3. The highest BCUT2D eigenvalue weighted by molar-refractivity contribution is 5.91. The molecule has 2 atom stereocenters. The number of aliphatic hydroxyl groups excluding tert-OH is 2. The molecule has 2 fully saturated rings. The molecule has 2 heterocycles. The predicted octanol–water partition coefficient (Wildman–Crippen LogP) is 2.18. The number of ketones is 1. The van der Waals surface area contributed by atoms with Crippen LogP contribution in [-0.2, 0) is 9.53 Å². The van der Waals surface area contributed by atoms with Gasteiger partial charge in [-0.05, 0) is 49.8 Å². The maximum absolute atomic E-state index is 12.7. The fourth-order valence-corrected chi connectivity index (χ4v) is 5.86. The first-order chi connectivity index (χ1) is 20.6. The molecule has 230 valence electrons. The summed E-state index contributed by atoms with van der Waals surface area (Å²) >= 11 is 0. The maximum Gasteiger partial charge on any atom is 0.411 e. The lowest BCUT2D eigenvalue weighted by Gasteiger charge is -2.33. The van der Waals surface area contributed by atoms with Crippen molar-refractivity contribution >= 4 is 17.6 Å². The molecule has 0 saturated carbocycles. The van der Waals surface area contributed by atoms with Crippen LogP contribution in [0, 0.1) is 5.92 Å². The number of amides is 1. The number of benzene rings is 2. The lowest BCUT2D eigenvalue weighted by Crippen LogP contribution is -2.50. The molecule has 2 aliphatic heterocycles. The second kappa shape index (κ2) is 17.3. The molecule has 0 bridgehead atoms. The van der Waals surface area contributed by atoms with Crippen molar-refractivity contribution in [2.45, 2.75) is 37.8 Å². The van der Waals surface area contributed by atoms with Crippen LogP contribution >= 0.6 is 0 Å². The number of rotatable bonds is 15. The molecule has 0 spiro atoms. The molecular formula is C32H47N5O5. The van der Waals surface area contributed by atoms with Gasteiger partial charge < -0.3 is 30.5 Å². The third-order valence-corrected chi connectivity index (χ3v) is 8.21. The Hall–Kier alpha value is -2.86. The normalized spacial score (nSPS) is 20.0. The van der Waals surface area contributed by atoms with Crippen molar-refractivity contribution in [2.75, 3.05) is 77.4 Å².